The summed E-state index contributed by atoms with van der Waals surface area (Å²) in [4.78, 5) is 0. The molecule has 2 rings (SSSR count). The van der Waals surface area contributed by atoms with Crippen LogP contribution in [0.3, 0.4) is 0 Å². The zero-order valence-corrected chi connectivity index (χ0v) is 9.41. The van der Waals surface area contributed by atoms with Gasteiger partial charge in [0, 0.05) is 11.2 Å². The fourth-order valence-corrected chi connectivity index (χ4v) is 2.79. The summed E-state index contributed by atoms with van der Waals surface area (Å²) in [6.07, 6.45) is 15.1. The molecule has 4 N–H and O–H groups in total. The van der Waals surface area contributed by atoms with Gasteiger partial charge in [0.15, 0.2) is 0 Å². The lowest BCUT2D eigenvalue weighted by Gasteiger charge is -2.33. The first kappa shape index (κ1) is 10.7. The third-order valence-corrected chi connectivity index (χ3v) is 3.72. The molecule has 0 saturated heterocycles. The standard InChI is InChI=1S/C13H22N2/c14-12-6-8-13(15,9-7-12)10-11-4-2-1-3-5-11/h6-8,11H,1-5,9-10,14-15H2. The van der Waals surface area contributed by atoms with Crippen molar-refractivity contribution in [1.82, 2.24) is 0 Å². The zero-order valence-electron chi connectivity index (χ0n) is 9.41. The van der Waals surface area contributed by atoms with Gasteiger partial charge in [-0.1, -0.05) is 44.3 Å². The van der Waals surface area contributed by atoms with Crippen LogP contribution in [0.1, 0.15) is 44.9 Å². The van der Waals surface area contributed by atoms with Gasteiger partial charge in [-0.2, -0.15) is 0 Å². The Labute approximate surface area is 92.4 Å². The molecule has 1 unspecified atom stereocenters. The molecule has 0 spiro atoms. The van der Waals surface area contributed by atoms with E-state index in [1.54, 1.807) is 0 Å². The third-order valence-electron chi connectivity index (χ3n) is 3.72. The van der Waals surface area contributed by atoms with Crippen molar-refractivity contribution in [3.05, 3.63) is 23.9 Å². The Morgan fingerprint density at radius 2 is 2.00 bits per heavy atom. The van der Waals surface area contributed by atoms with Crippen LogP contribution in [0.25, 0.3) is 0 Å². The maximum absolute atomic E-state index is 6.37. The molecule has 1 saturated carbocycles. The summed E-state index contributed by atoms with van der Waals surface area (Å²) in [5, 5.41) is 0. The molecule has 0 amide bonds. The highest BCUT2D eigenvalue weighted by Gasteiger charge is 2.27. The Morgan fingerprint density at radius 3 is 2.60 bits per heavy atom. The summed E-state index contributed by atoms with van der Waals surface area (Å²) in [7, 11) is 0. The van der Waals surface area contributed by atoms with E-state index in [2.05, 4.69) is 12.2 Å². The minimum atomic E-state index is -0.120. The lowest BCUT2D eigenvalue weighted by atomic mass is 9.77. The van der Waals surface area contributed by atoms with Gasteiger partial charge in [0.2, 0.25) is 0 Å². The Kier molecular flexibility index (Phi) is 3.15. The molecule has 0 aliphatic heterocycles. The van der Waals surface area contributed by atoms with Crippen molar-refractivity contribution in [2.45, 2.75) is 50.5 Å². The lowest BCUT2D eigenvalue weighted by Crippen LogP contribution is -2.41. The fourth-order valence-electron chi connectivity index (χ4n) is 2.79. The summed E-state index contributed by atoms with van der Waals surface area (Å²) in [5.74, 6) is 0.834. The highest BCUT2D eigenvalue weighted by Crippen LogP contribution is 2.33. The van der Waals surface area contributed by atoms with Gasteiger partial charge in [-0.3, -0.25) is 0 Å². The molecular formula is C13H22N2. The van der Waals surface area contributed by atoms with Crippen molar-refractivity contribution in [1.29, 1.82) is 0 Å². The first-order valence-electron chi connectivity index (χ1n) is 6.12. The molecule has 0 bridgehead atoms. The van der Waals surface area contributed by atoms with Gasteiger partial charge in [-0.15, -0.1) is 0 Å². The molecule has 2 aliphatic carbocycles. The maximum atomic E-state index is 6.37. The van der Waals surface area contributed by atoms with E-state index in [1.165, 1.54) is 32.1 Å². The van der Waals surface area contributed by atoms with Crippen molar-refractivity contribution >= 4 is 0 Å². The molecule has 1 atom stereocenters. The van der Waals surface area contributed by atoms with Crippen LogP contribution in [0.5, 0.6) is 0 Å². The summed E-state index contributed by atoms with van der Waals surface area (Å²) < 4.78 is 0. The van der Waals surface area contributed by atoms with Gasteiger partial charge in [-0.05, 0) is 24.8 Å². The van der Waals surface area contributed by atoms with Gasteiger partial charge in [0.25, 0.3) is 0 Å². The minimum Gasteiger partial charge on any atom is -0.399 e. The van der Waals surface area contributed by atoms with E-state index in [0.29, 0.717) is 0 Å². The van der Waals surface area contributed by atoms with Gasteiger partial charge >= 0.3 is 0 Å². The van der Waals surface area contributed by atoms with Crippen molar-refractivity contribution < 1.29 is 0 Å². The summed E-state index contributed by atoms with van der Waals surface area (Å²) in [5.41, 5.74) is 12.8. The first-order chi connectivity index (χ1) is 7.18. The van der Waals surface area contributed by atoms with E-state index in [-0.39, 0.29) is 5.54 Å². The molecule has 0 aromatic carbocycles. The molecule has 2 nitrogen and oxygen atoms in total. The number of allylic oxidation sites excluding steroid dienone is 1. The van der Waals surface area contributed by atoms with Gasteiger partial charge < -0.3 is 11.5 Å². The fraction of sp³-hybridized carbons (Fsp3) is 0.692. The number of nitrogens with two attached hydrogens (primary N) is 2. The average Bonchev–Trinajstić information content (AvgIpc) is 2.24. The van der Waals surface area contributed by atoms with Crippen molar-refractivity contribution in [3.8, 4) is 0 Å². The summed E-state index contributed by atoms with van der Waals surface area (Å²) in [6.45, 7) is 0. The van der Waals surface area contributed by atoms with Crippen LogP contribution in [-0.2, 0) is 0 Å². The Bertz CT molecular complexity index is 274. The SMILES string of the molecule is NC1=CCC(N)(CC2CCCCC2)C=C1. The van der Waals surface area contributed by atoms with Crippen LogP contribution in [0, 0.1) is 5.92 Å². The molecule has 15 heavy (non-hydrogen) atoms. The van der Waals surface area contributed by atoms with Gasteiger partial charge in [-0.25, -0.2) is 0 Å². The van der Waals surface area contributed by atoms with Crippen LogP contribution in [0.2, 0.25) is 0 Å². The minimum absolute atomic E-state index is 0.120. The lowest BCUT2D eigenvalue weighted by molar-refractivity contribution is 0.286. The Morgan fingerprint density at radius 1 is 1.27 bits per heavy atom. The number of hydrogen-bond acceptors (Lipinski definition) is 2. The molecule has 1 fully saturated rings. The van der Waals surface area contributed by atoms with Crippen molar-refractivity contribution in [3.63, 3.8) is 0 Å². The van der Waals surface area contributed by atoms with E-state index >= 15 is 0 Å². The molecule has 0 aromatic heterocycles. The molecule has 0 heterocycles. The average molecular weight is 206 g/mol. The van der Waals surface area contributed by atoms with Crippen molar-refractivity contribution in [2.75, 3.05) is 0 Å². The molecule has 2 aliphatic rings. The smallest absolute Gasteiger partial charge is 0.0381 e. The monoisotopic (exact) mass is 206 g/mol. The number of hydrogen-bond donors (Lipinski definition) is 2. The Balaban J connectivity index is 1.90. The normalized spacial score (nSPS) is 32.7. The molecule has 2 heteroatoms. The van der Waals surface area contributed by atoms with E-state index in [1.807, 2.05) is 6.08 Å². The van der Waals surface area contributed by atoms with Gasteiger partial charge in [0.1, 0.15) is 0 Å². The highest BCUT2D eigenvalue weighted by molar-refractivity contribution is 5.26. The van der Waals surface area contributed by atoms with Crippen LogP contribution in [0.15, 0.2) is 23.9 Å². The van der Waals surface area contributed by atoms with Crippen LogP contribution in [0.4, 0.5) is 0 Å². The first-order valence-corrected chi connectivity index (χ1v) is 6.12. The maximum Gasteiger partial charge on any atom is 0.0381 e. The largest absolute Gasteiger partial charge is 0.399 e. The second kappa shape index (κ2) is 4.40. The van der Waals surface area contributed by atoms with Crippen LogP contribution >= 0.6 is 0 Å². The molecule has 84 valence electrons. The molecule has 0 aromatic rings. The molecular weight excluding hydrogens is 184 g/mol. The van der Waals surface area contributed by atoms with E-state index in [9.17, 15) is 0 Å². The highest BCUT2D eigenvalue weighted by atomic mass is 14.7. The third kappa shape index (κ3) is 2.85. The van der Waals surface area contributed by atoms with E-state index in [4.69, 9.17) is 11.5 Å². The van der Waals surface area contributed by atoms with Gasteiger partial charge in [0.05, 0.1) is 0 Å². The summed E-state index contributed by atoms with van der Waals surface area (Å²) in [6, 6.07) is 0. The van der Waals surface area contributed by atoms with E-state index < -0.39 is 0 Å². The quantitative estimate of drug-likeness (QED) is 0.729. The second-order valence-electron chi connectivity index (χ2n) is 5.18. The predicted octanol–water partition coefficient (Wildman–Crippen LogP) is 2.46. The molecule has 0 radical (unpaired) electrons. The summed E-state index contributed by atoms with van der Waals surface area (Å²) >= 11 is 0. The van der Waals surface area contributed by atoms with E-state index in [0.717, 1.165) is 24.5 Å². The second-order valence-corrected chi connectivity index (χ2v) is 5.18. The van der Waals surface area contributed by atoms with Crippen LogP contribution < -0.4 is 11.5 Å². The Hall–Kier alpha value is -0.760. The zero-order chi connectivity index (χ0) is 10.7. The number of rotatable bonds is 2. The van der Waals surface area contributed by atoms with Crippen LogP contribution in [-0.4, -0.2) is 5.54 Å². The predicted molar refractivity (Wildman–Crippen MR) is 64.1 cm³/mol. The van der Waals surface area contributed by atoms with Crippen molar-refractivity contribution in [2.24, 2.45) is 17.4 Å². The topological polar surface area (TPSA) is 52.0 Å².